The van der Waals surface area contributed by atoms with Crippen molar-refractivity contribution < 1.29 is 4.79 Å². The number of amides is 1. The molecule has 84 valence electrons. The van der Waals surface area contributed by atoms with Crippen molar-refractivity contribution in [1.82, 2.24) is 9.80 Å². The highest BCUT2D eigenvalue weighted by Gasteiger charge is 2.25. The molecule has 1 saturated heterocycles. The minimum absolute atomic E-state index is 0.0269. The van der Waals surface area contributed by atoms with E-state index in [-0.39, 0.29) is 5.91 Å². The van der Waals surface area contributed by atoms with Crippen LogP contribution in [0.1, 0.15) is 20.8 Å². The minimum atomic E-state index is -0.504. The smallest absolute Gasteiger partial charge is 0.239 e. The van der Waals surface area contributed by atoms with E-state index >= 15 is 0 Å². The first kappa shape index (κ1) is 12.0. The molecule has 4 heteroatoms. The van der Waals surface area contributed by atoms with Gasteiger partial charge in [-0.15, -0.1) is 0 Å². The van der Waals surface area contributed by atoms with Crippen LogP contribution < -0.4 is 0 Å². The Morgan fingerprint density at radius 3 is 2.13 bits per heavy atom. The van der Waals surface area contributed by atoms with Crippen LogP contribution in [-0.2, 0) is 4.79 Å². The van der Waals surface area contributed by atoms with Crippen LogP contribution in [0.15, 0.2) is 0 Å². The van der Waals surface area contributed by atoms with Crippen LogP contribution in [0, 0.1) is 17.2 Å². The van der Waals surface area contributed by atoms with Gasteiger partial charge in [-0.2, -0.15) is 5.26 Å². The quantitative estimate of drug-likeness (QED) is 0.672. The lowest BCUT2D eigenvalue weighted by Gasteiger charge is -2.37. The first-order valence-electron chi connectivity index (χ1n) is 5.48. The van der Waals surface area contributed by atoms with Crippen molar-refractivity contribution >= 4 is 5.91 Å². The van der Waals surface area contributed by atoms with E-state index in [1.807, 2.05) is 6.07 Å². The van der Waals surface area contributed by atoms with Gasteiger partial charge in [0.25, 0.3) is 0 Å². The fourth-order valence-electron chi connectivity index (χ4n) is 1.79. The SMILES string of the molecule is CC(C#N)C(=O)N1CCN(C(C)C)CC1. The number of rotatable bonds is 2. The summed E-state index contributed by atoms with van der Waals surface area (Å²) in [5.41, 5.74) is 0. The van der Waals surface area contributed by atoms with Crippen LogP contribution in [0.5, 0.6) is 0 Å². The van der Waals surface area contributed by atoms with Crippen LogP contribution in [0.3, 0.4) is 0 Å². The molecule has 1 aliphatic heterocycles. The molecule has 0 spiro atoms. The van der Waals surface area contributed by atoms with Gasteiger partial charge in [-0.1, -0.05) is 0 Å². The fraction of sp³-hybridized carbons (Fsp3) is 0.818. The molecule has 4 nitrogen and oxygen atoms in total. The summed E-state index contributed by atoms with van der Waals surface area (Å²) in [6, 6.07) is 2.53. The summed E-state index contributed by atoms with van der Waals surface area (Å²) >= 11 is 0. The maximum atomic E-state index is 11.7. The Bertz CT molecular complexity index is 261. The second-order valence-corrected chi connectivity index (χ2v) is 4.31. The van der Waals surface area contributed by atoms with Gasteiger partial charge in [-0.05, 0) is 20.8 Å². The molecule has 1 amide bonds. The maximum Gasteiger partial charge on any atom is 0.239 e. The zero-order valence-electron chi connectivity index (χ0n) is 9.73. The summed E-state index contributed by atoms with van der Waals surface area (Å²) in [5, 5.41) is 8.67. The number of hydrogen-bond donors (Lipinski definition) is 0. The summed E-state index contributed by atoms with van der Waals surface area (Å²) in [5.74, 6) is -0.531. The first-order valence-corrected chi connectivity index (χ1v) is 5.48. The molecule has 0 saturated carbocycles. The maximum absolute atomic E-state index is 11.7. The molecule has 0 radical (unpaired) electrons. The second-order valence-electron chi connectivity index (χ2n) is 4.31. The molecule has 1 fully saturated rings. The molecule has 0 N–H and O–H groups in total. The molecule has 15 heavy (non-hydrogen) atoms. The Labute approximate surface area is 91.5 Å². The molecule has 1 rings (SSSR count). The van der Waals surface area contributed by atoms with E-state index in [2.05, 4.69) is 18.7 Å². The van der Waals surface area contributed by atoms with Crippen LogP contribution in [-0.4, -0.2) is 47.9 Å². The van der Waals surface area contributed by atoms with Crippen molar-refractivity contribution in [2.45, 2.75) is 26.8 Å². The molecule has 0 aromatic heterocycles. The largest absolute Gasteiger partial charge is 0.339 e. The zero-order valence-corrected chi connectivity index (χ0v) is 9.73. The Morgan fingerprint density at radius 2 is 1.73 bits per heavy atom. The van der Waals surface area contributed by atoms with Gasteiger partial charge in [-0.3, -0.25) is 9.69 Å². The van der Waals surface area contributed by atoms with Gasteiger partial charge in [-0.25, -0.2) is 0 Å². The molecular formula is C11H19N3O. The van der Waals surface area contributed by atoms with E-state index in [0.29, 0.717) is 6.04 Å². The fourth-order valence-corrected chi connectivity index (χ4v) is 1.79. The highest BCUT2D eigenvalue weighted by atomic mass is 16.2. The summed E-state index contributed by atoms with van der Waals surface area (Å²) < 4.78 is 0. The van der Waals surface area contributed by atoms with E-state index in [4.69, 9.17) is 5.26 Å². The monoisotopic (exact) mass is 209 g/mol. The van der Waals surface area contributed by atoms with E-state index < -0.39 is 5.92 Å². The summed E-state index contributed by atoms with van der Waals surface area (Å²) in [4.78, 5) is 15.8. The number of carbonyl (C=O) groups excluding carboxylic acids is 1. The van der Waals surface area contributed by atoms with E-state index in [1.165, 1.54) is 0 Å². The van der Waals surface area contributed by atoms with E-state index in [0.717, 1.165) is 26.2 Å². The van der Waals surface area contributed by atoms with Crippen molar-refractivity contribution in [1.29, 1.82) is 5.26 Å². The van der Waals surface area contributed by atoms with Gasteiger partial charge in [0.2, 0.25) is 5.91 Å². The van der Waals surface area contributed by atoms with Crippen LogP contribution in [0.25, 0.3) is 0 Å². The van der Waals surface area contributed by atoms with Crippen LogP contribution >= 0.6 is 0 Å². The number of nitriles is 1. The summed E-state index contributed by atoms with van der Waals surface area (Å²) in [6.07, 6.45) is 0. The standard InChI is InChI=1S/C11H19N3O/c1-9(2)13-4-6-14(7-5-13)11(15)10(3)8-12/h9-10H,4-7H2,1-3H3. The highest BCUT2D eigenvalue weighted by Crippen LogP contribution is 2.09. The lowest BCUT2D eigenvalue weighted by atomic mass is 10.1. The molecule has 1 aliphatic rings. The van der Waals surface area contributed by atoms with E-state index in [1.54, 1.807) is 11.8 Å². The average molecular weight is 209 g/mol. The van der Waals surface area contributed by atoms with Gasteiger partial charge < -0.3 is 4.90 Å². The normalized spacial score (nSPS) is 20.1. The number of carbonyl (C=O) groups is 1. The third-order valence-corrected chi connectivity index (χ3v) is 2.92. The first-order chi connectivity index (χ1) is 7.06. The Morgan fingerprint density at radius 1 is 1.20 bits per heavy atom. The molecule has 1 heterocycles. The van der Waals surface area contributed by atoms with Gasteiger partial charge in [0.1, 0.15) is 5.92 Å². The predicted octanol–water partition coefficient (Wildman–Crippen LogP) is 0.699. The second kappa shape index (κ2) is 5.13. The minimum Gasteiger partial charge on any atom is -0.339 e. The molecular weight excluding hydrogens is 190 g/mol. The number of nitrogens with zero attached hydrogens (tertiary/aromatic N) is 3. The van der Waals surface area contributed by atoms with Crippen molar-refractivity contribution in [2.75, 3.05) is 26.2 Å². The van der Waals surface area contributed by atoms with Crippen molar-refractivity contribution in [2.24, 2.45) is 5.92 Å². The zero-order chi connectivity index (χ0) is 11.4. The molecule has 0 aliphatic carbocycles. The van der Waals surface area contributed by atoms with Gasteiger partial charge in [0.05, 0.1) is 6.07 Å². The highest BCUT2D eigenvalue weighted by molar-refractivity contribution is 5.80. The van der Waals surface area contributed by atoms with Crippen LogP contribution in [0.2, 0.25) is 0 Å². The van der Waals surface area contributed by atoms with Gasteiger partial charge in [0.15, 0.2) is 0 Å². The molecule has 1 atom stereocenters. The topological polar surface area (TPSA) is 47.3 Å². The lowest BCUT2D eigenvalue weighted by molar-refractivity contribution is -0.135. The third-order valence-electron chi connectivity index (χ3n) is 2.92. The Balaban J connectivity index is 2.44. The van der Waals surface area contributed by atoms with Gasteiger partial charge in [0, 0.05) is 32.2 Å². The Hall–Kier alpha value is -1.08. The van der Waals surface area contributed by atoms with Crippen LogP contribution in [0.4, 0.5) is 0 Å². The Kier molecular flexibility index (Phi) is 4.10. The average Bonchev–Trinajstić information content (AvgIpc) is 2.27. The molecule has 1 unspecified atom stereocenters. The van der Waals surface area contributed by atoms with Crippen molar-refractivity contribution in [3.8, 4) is 6.07 Å². The van der Waals surface area contributed by atoms with Crippen molar-refractivity contribution in [3.05, 3.63) is 0 Å². The van der Waals surface area contributed by atoms with Gasteiger partial charge >= 0.3 is 0 Å². The number of piperazine rings is 1. The molecule has 0 aromatic rings. The summed E-state index contributed by atoms with van der Waals surface area (Å²) in [7, 11) is 0. The van der Waals surface area contributed by atoms with Crippen molar-refractivity contribution in [3.63, 3.8) is 0 Å². The van der Waals surface area contributed by atoms with E-state index in [9.17, 15) is 4.79 Å². The summed E-state index contributed by atoms with van der Waals surface area (Å²) in [6.45, 7) is 9.33. The predicted molar refractivity (Wildman–Crippen MR) is 58.1 cm³/mol. The third kappa shape index (κ3) is 2.93. The number of hydrogen-bond acceptors (Lipinski definition) is 3. The molecule has 0 bridgehead atoms. The lowest BCUT2D eigenvalue weighted by Crippen LogP contribution is -2.51. The molecule has 0 aromatic carbocycles.